The Bertz CT molecular complexity index is 1140. The van der Waals surface area contributed by atoms with Gasteiger partial charge in [-0.3, -0.25) is 9.36 Å². The highest BCUT2D eigenvalue weighted by molar-refractivity contribution is 8.00. The third-order valence-electron chi connectivity index (χ3n) is 6.36. The minimum absolute atomic E-state index is 0.0963. The van der Waals surface area contributed by atoms with Gasteiger partial charge in [0.2, 0.25) is 11.9 Å². The second kappa shape index (κ2) is 9.47. The first-order valence-electron chi connectivity index (χ1n) is 11.6. The van der Waals surface area contributed by atoms with Gasteiger partial charge in [0.15, 0.2) is 5.16 Å². The number of para-hydroxylation sites is 3. The minimum Gasteiger partial charge on any atom is -0.495 e. The van der Waals surface area contributed by atoms with E-state index in [1.807, 2.05) is 54.3 Å². The van der Waals surface area contributed by atoms with Gasteiger partial charge in [-0.25, -0.2) is 0 Å². The molecule has 2 aliphatic heterocycles. The molecule has 1 amide bonds. The summed E-state index contributed by atoms with van der Waals surface area (Å²) in [5.41, 5.74) is 3.14. The molecule has 0 bridgehead atoms. The van der Waals surface area contributed by atoms with Crippen LogP contribution in [0.2, 0.25) is 0 Å². The average Bonchev–Trinajstić information content (AvgIpc) is 3.48. The summed E-state index contributed by atoms with van der Waals surface area (Å²) in [5, 5.41) is 9.52. The van der Waals surface area contributed by atoms with E-state index in [1.165, 1.54) is 23.7 Å². The first-order valence-corrected chi connectivity index (χ1v) is 12.4. The maximum atomic E-state index is 13.4. The molecule has 2 aromatic carbocycles. The topological polar surface area (TPSA) is 63.5 Å². The molecule has 3 aromatic rings. The van der Waals surface area contributed by atoms with Crippen LogP contribution in [0.4, 0.5) is 11.6 Å². The van der Waals surface area contributed by atoms with E-state index in [9.17, 15) is 4.79 Å². The Morgan fingerprint density at radius 2 is 1.70 bits per heavy atom. The van der Waals surface area contributed by atoms with Gasteiger partial charge in [0.05, 0.1) is 18.0 Å². The lowest BCUT2D eigenvalue weighted by Gasteiger charge is -2.28. The molecule has 3 heterocycles. The zero-order chi connectivity index (χ0) is 22.8. The molecule has 0 N–H and O–H groups in total. The molecule has 0 aliphatic carbocycles. The van der Waals surface area contributed by atoms with Crippen molar-refractivity contribution in [3.05, 3.63) is 54.1 Å². The maximum absolute atomic E-state index is 13.4. The van der Waals surface area contributed by atoms with Gasteiger partial charge in [0, 0.05) is 25.3 Å². The number of ether oxygens (including phenoxy) is 1. The Kier molecular flexibility index (Phi) is 6.26. The van der Waals surface area contributed by atoms with Gasteiger partial charge in [-0.2, -0.15) is 0 Å². The number of hydrogen-bond acceptors (Lipinski definition) is 6. The number of thioether (sulfide) groups is 1. The lowest BCUT2D eigenvalue weighted by molar-refractivity contribution is -0.117. The lowest BCUT2D eigenvalue weighted by atomic mass is 10.1. The van der Waals surface area contributed by atoms with Crippen LogP contribution >= 0.6 is 11.8 Å². The van der Waals surface area contributed by atoms with Gasteiger partial charge in [0.25, 0.3) is 0 Å². The number of nitrogens with zero attached hydrogens (tertiary/aromatic N) is 5. The molecule has 1 fully saturated rings. The number of piperidine rings is 1. The van der Waals surface area contributed by atoms with Crippen molar-refractivity contribution >= 4 is 29.3 Å². The third kappa shape index (κ3) is 4.19. The van der Waals surface area contributed by atoms with Gasteiger partial charge < -0.3 is 14.5 Å². The first kappa shape index (κ1) is 21.8. The van der Waals surface area contributed by atoms with Crippen LogP contribution in [0.3, 0.4) is 0 Å². The molecule has 0 radical (unpaired) electrons. The number of carbonyl (C=O) groups is 1. The molecule has 1 atom stereocenters. The van der Waals surface area contributed by atoms with Crippen molar-refractivity contribution in [1.82, 2.24) is 14.8 Å². The fourth-order valence-electron chi connectivity index (χ4n) is 4.66. The van der Waals surface area contributed by atoms with E-state index in [-0.39, 0.29) is 11.2 Å². The fourth-order valence-corrected chi connectivity index (χ4v) is 5.58. The van der Waals surface area contributed by atoms with Crippen LogP contribution < -0.4 is 14.5 Å². The summed E-state index contributed by atoms with van der Waals surface area (Å²) in [6, 6.07) is 16.1. The molecule has 33 heavy (non-hydrogen) atoms. The normalized spacial score (nSPS) is 16.5. The van der Waals surface area contributed by atoms with E-state index < -0.39 is 0 Å². The molecule has 7 nitrogen and oxygen atoms in total. The predicted molar refractivity (Wildman–Crippen MR) is 132 cm³/mol. The minimum atomic E-state index is -0.303. The Balaban J connectivity index is 1.47. The van der Waals surface area contributed by atoms with Crippen LogP contribution in [0.25, 0.3) is 5.69 Å². The Hall–Kier alpha value is -3.00. The quantitative estimate of drug-likeness (QED) is 0.507. The number of benzene rings is 2. The number of carbonyl (C=O) groups excluding carboxylic acids is 1. The summed E-state index contributed by atoms with van der Waals surface area (Å²) in [4.78, 5) is 17.6. The third-order valence-corrected chi connectivity index (χ3v) is 7.39. The van der Waals surface area contributed by atoms with Gasteiger partial charge in [-0.05, 0) is 56.4 Å². The van der Waals surface area contributed by atoms with E-state index in [4.69, 9.17) is 4.74 Å². The fraction of sp³-hybridized carbons (Fsp3) is 0.400. The Morgan fingerprint density at radius 1 is 0.970 bits per heavy atom. The van der Waals surface area contributed by atoms with Crippen molar-refractivity contribution in [2.45, 2.75) is 43.0 Å². The Morgan fingerprint density at radius 3 is 2.48 bits per heavy atom. The number of fused-ring (bicyclic) bond motifs is 1. The average molecular weight is 464 g/mol. The van der Waals surface area contributed by atoms with E-state index >= 15 is 0 Å². The number of amides is 1. The molecule has 8 heteroatoms. The zero-order valence-corrected chi connectivity index (χ0v) is 19.9. The largest absolute Gasteiger partial charge is 0.495 e. The van der Waals surface area contributed by atoms with Gasteiger partial charge in [0.1, 0.15) is 5.75 Å². The van der Waals surface area contributed by atoms with Crippen LogP contribution in [0.5, 0.6) is 5.75 Å². The SMILES string of the molecule is COc1ccccc1-n1c(SC(C)C(=O)N2CCc3ccccc32)nnc1N1CCCCC1. The second-order valence-electron chi connectivity index (χ2n) is 8.47. The van der Waals surface area contributed by atoms with Crippen molar-refractivity contribution in [1.29, 1.82) is 0 Å². The number of aromatic nitrogens is 3. The summed E-state index contributed by atoms with van der Waals surface area (Å²) >= 11 is 1.45. The summed E-state index contributed by atoms with van der Waals surface area (Å²) in [6.07, 6.45) is 4.43. The highest BCUT2D eigenvalue weighted by atomic mass is 32.2. The monoisotopic (exact) mass is 463 g/mol. The molecule has 1 unspecified atom stereocenters. The number of rotatable bonds is 6. The zero-order valence-electron chi connectivity index (χ0n) is 19.1. The van der Waals surface area contributed by atoms with E-state index in [0.717, 1.165) is 62.0 Å². The van der Waals surface area contributed by atoms with Crippen molar-refractivity contribution in [2.24, 2.45) is 0 Å². The maximum Gasteiger partial charge on any atom is 0.240 e. The molecule has 0 saturated carbocycles. The summed E-state index contributed by atoms with van der Waals surface area (Å²) in [7, 11) is 1.67. The van der Waals surface area contributed by atoms with Gasteiger partial charge in [-0.15, -0.1) is 10.2 Å². The van der Waals surface area contributed by atoms with Crippen LogP contribution in [0.1, 0.15) is 31.7 Å². The van der Waals surface area contributed by atoms with Crippen molar-refractivity contribution in [3.63, 3.8) is 0 Å². The van der Waals surface area contributed by atoms with Crippen molar-refractivity contribution in [3.8, 4) is 11.4 Å². The van der Waals surface area contributed by atoms with Crippen LogP contribution in [0.15, 0.2) is 53.7 Å². The summed E-state index contributed by atoms with van der Waals surface area (Å²) < 4.78 is 7.71. The van der Waals surface area contributed by atoms with Gasteiger partial charge in [-0.1, -0.05) is 42.1 Å². The summed E-state index contributed by atoms with van der Waals surface area (Å²) in [6.45, 7) is 4.59. The highest BCUT2D eigenvalue weighted by Crippen LogP contribution is 2.36. The van der Waals surface area contributed by atoms with Gasteiger partial charge >= 0.3 is 0 Å². The molecular weight excluding hydrogens is 434 g/mol. The number of anilines is 2. The van der Waals surface area contributed by atoms with E-state index in [1.54, 1.807) is 7.11 Å². The lowest BCUT2D eigenvalue weighted by Crippen LogP contribution is -2.35. The molecule has 172 valence electrons. The van der Waals surface area contributed by atoms with Crippen LogP contribution in [-0.4, -0.2) is 52.7 Å². The summed E-state index contributed by atoms with van der Waals surface area (Å²) in [5.74, 6) is 1.66. The van der Waals surface area contributed by atoms with Crippen molar-refractivity contribution in [2.75, 3.05) is 36.5 Å². The highest BCUT2D eigenvalue weighted by Gasteiger charge is 2.31. The molecule has 5 rings (SSSR count). The second-order valence-corrected chi connectivity index (χ2v) is 9.77. The van der Waals surface area contributed by atoms with Crippen LogP contribution in [-0.2, 0) is 11.2 Å². The van der Waals surface area contributed by atoms with Crippen molar-refractivity contribution < 1.29 is 9.53 Å². The molecule has 1 saturated heterocycles. The molecule has 2 aliphatic rings. The molecule has 0 spiro atoms. The number of methoxy groups -OCH3 is 1. The standard InChI is InChI=1S/C25H29N5O2S/c1-18(23(31)29-17-14-19-10-4-5-11-20(19)29)33-25-27-26-24(28-15-8-3-9-16-28)30(25)21-12-6-7-13-22(21)32-2/h4-7,10-13,18H,3,8-9,14-17H2,1-2H3. The molecule has 1 aromatic heterocycles. The first-order chi connectivity index (χ1) is 16.2. The van der Waals surface area contributed by atoms with E-state index in [2.05, 4.69) is 25.7 Å². The predicted octanol–water partition coefficient (Wildman–Crippen LogP) is 4.34. The molecular formula is C25H29N5O2S. The Labute approximate surface area is 198 Å². The van der Waals surface area contributed by atoms with Crippen LogP contribution in [0, 0.1) is 0 Å². The number of hydrogen-bond donors (Lipinski definition) is 0. The van der Waals surface area contributed by atoms with E-state index in [0.29, 0.717) is 5.16 Å². The smallest absolute Gasteiger partial charge is 0.240 e.